The van der Waals surface area contributed by atoms with Crippen LogP contribution in [0.15, 0.2) is 35.1 Å². The Morgan fingerprint density at radius 2 is 1.88 bits per heavy atom. The topological polar surface area (TPSA) is 20.3 Å². The molecule has 1 aromatic carbocycles. The fourth-order valence-corrected chi connectivity index (χ4v) is 3.13. The summed E-state index contributed by atoms with van der Waals surface area (Å²) in [6.45, 7) is 2.16. The van der Waals surface area contributed by atoms with E-state index in [0.29, 0.717) is 0 Å². The van der Waals surface area contributed by atoms with Gasteiger partial charge in [-0.3, -0.25) is 4.79 Å². The molecule has 3 rings (SSSR count). The van der Waals surface area contributed by atoms with Gasteiger partial charge in [-0.1, -0.05) is 29.5 Å². The molecule has 0 radical (unpaired) electrons. The van der Waals surface area contributed by atoms with E-state index < -0.39 is 0 Å². The summed E-state index contributed by atoms with van der Waals surface area (Å²) in [5, 5.41) is 1.22. The Hall–Kier alpha value is -1.35. The third kappa shape index (κ3) is 1.61. The fraction of sp³-hybridized carbons (Fsp3) is 0.308. The normalized spacial score (nSPS) is 15.9. The Kier molecular flexibility index (Phi) is 2.40. The molecule has 0 amide bonds. The van der Waals surface area contributed by atoms with Crippen LogP contribution in [0.5, 0.6) is 0 Å². The van der Waals surface area contributed by atoms with Crippen LogP contribution in [0.4, 0.5) is 5.69 Å². The molecule has 0 N–H and O–H groups in total. The lowest BCUT2D eigenvalue weighted by Crippen LogP contribution is -2.19. The van der Waals surface area contributed by atoms with Gasteiger partial charge in [-0.2, -0.15) is 0 Å². The predicted octanol–water partition coefficient (Wildman–Crippen LogP) is 2.86. The number of hydrogen-bond acceptors (Lipinski definition) is 3. The number of rotatable bonds is 1. The highest BCUT2D eigenvalue weighted by molar-refractivity contribution is 7.16. The van der Waals surface area contributed by atoms with Gasteiger partial charge in [0.1, 0.15) is 0 Å². The quantitative estimate of drug-likeness (QED) is 0.752. The average Bonchev–Trinajstić information content (AvgIpc) is 2.81. The molecule has 0 saturated carbocycles. The van der Waals surface area contributed by atoms with E-state index in [9.17, 15) is 4.79 Å². The third-order valence-corrected chi connectivity index (χ3v) is 3.97. The van der Waals surface area contributed by atoms with Crippen LogP contribution in [-0.4, -0.2) is 13.1 Å². The summed E-state index contributed by atoms with van der Waals surface area (Å²) in [4.78, 5) is 14.0. The van der Waals surface area contributed by atoms with E-state index in [0.717, 1.165) is 23.5 Å². The second kappa shape index (κ2) is 3.91. The monoisotopic (exact) mass is 231 g/mol. The molecule has 0 atom stereocenters. The molecule has 0 unspecified atom stereocenters. The molecule has 16 heavy (non-hydrogen) atoms. The number of anilines is 1. The lowest BCUT2D eigenvalue weighted by Gasteiger charge is -2.18. The Morgan fingerprint density at radius 1 is 1.12 bits per heavy atom. The highest BCUT2D eigenvalue weighted by Gasteiger charge is 2.15. The fourth-order valence-electron chi connectivity index (χ4n) is 2.31. The maximum Gasteiger partial charge on any atom is 0.234 e. The molecule has 82 valence electrons. The summed E-state index contributed by atoms with van der Waals surface area (Å²) in [6, 6.07) is 9.96. The van der Waals surface area contributed by atoms with Crippen LogP contribution in [0, 0.1) is 0 Å². The summed E-state index contributed by atoms with van der Waals surface area (Å²) in [6.07, 6.45) is 2.47. The number of nitrogens with zero attached hydrogens (tertiary/aromatic N) is 1. The molecule has 0 spiro atoms. The van der Waals surface area contributed by atoms with Gasteiger partial charge in [-0.15, -0.1) is 0 Å². The molecule has 2 nitrogen and oxygen atoms in total. The molecule has 2 heterocycles. The first-order valence-electron chi connectivity index (χ1n) is 5.62. The third-order valence-electron chi connectivity index (χ3n) is 3.07. The number of benzene rings is 1. The van der Waals surface area contributed by atoms with Crippen molar-refractivity contribution in [1.82, 2.24) is 0 Å². The smallest absolute Gasteiger partial charge is 0.234 e. The van der Waals surface area contributed by atoms with Crippen molar-refractivity contribution in [3.05, 3.63) is 39.9 Å². The second-order valence-corrected chi connectivity index (χ2v) is 5.19. The zero-order chi connectivity index (χ0) is 11.0. The first-order valence-corrected chi connectivity index (χ1v) is 6.44. The highest BCUT2D eigenvalue weighted by atomic mass is 32.1. The predicted molar refractivity (Wildman–Crippen MR) is 69.5 cm³/mol. The summed E-state index contributed by atoms with van der Waals surface area (Å²) in [5.74, 6) is 0. The minimum Gasteiger partial charge on any atom is -0.371 e. The summed E-state index contributed by atoms with van der Waals surface area (Å²) < 4.78 is 1.25. The van der Waals surface area contributed by atoms with Gasteiger partial charge in [-0.05, 0) is 18.9 Å². The van der Waals surface area contributed by atoms with Crippen molar-refractivity contribution in [1.29, 1.82) is 0 Å². The van der Waals surface area contributed by atoms with E-state index >= 15 is 0 Å². The van der Waals surface area contributed by atoms with E-state index in [4.69, 9.17) is 0 Å². The summed E-state index contributed by atoms with van der Waals surface area (Å²) in [7, 11) is 0. The Morgan fingerprint density at radius 3 is 2.69 bits per heavy atom. The first-order chi connectivity index (χ1) is 7.84. The number of hydrogen-bond donors (Lipinski definition) is 0. The molecular weight excluding hydrogens is 218 g/mol. The lowest BCUT2D eigenvalue weighted by molar-refractivity contribution is 0.949. The Bertz CT molecular complexity index is 569. The Labute approximate surface area is 98.1 Å². The standard InChI is InChI=1S/C13H13NOS/c15-13-9-11(14-7-3-4-8-14)10-5-1-2-6-12(10)16-13/h1-2,5-6,9H,3-4,7-8H2. The van der Waals surface area contributed by atoms with Crippen molar-refractivity contribution in [2.24, 2.45) is 0 Å². The van der Waals surface area contributed by atoms with Crippen LogP contribution in [0.1, 0.15) is 12.8 Å². The minimum absolute atomic E-state index is 0.153. The highest BCUT2D eigenvalue weighted by Crippen LogP contribution is 2.29. The van der Waals surface area contributed by atoms with Crippen molar-refractivity contribution in [2.45, 2.75) is 12.8 Å². The van der Waals surface area contributed by atoms with Gasteiger partial charge < -0.3 is 4.90 Å². The van der Waals surface area contributed by atoms with Gasteiger partial charge in [-0.25, -0.2) is 0 Å². The van der Waals surface area contributed by atoms with Crippen LogP contribution in [0.25, 0.3) is 10.1 Å². The van der Waals surface area contributed by atoms with Gasteiger partial charge in [0.2, 0.25) is 4.74 Å². The van der Waals surface area contributed by atoms with Gasteiger partial charge in [0.15, 0.2) is 0 Å². The zero-order valence-electron chi connectivity index (χ0n) is 8.98. The molecule has 1 aliphatic rings. The van der Waals surface area contributed by atoms with Crippen molar-refractivity contribution < 1.29 is 0 Å². The van der Waals surface area contributed by atoms with Crippen LogP contribution < -0.4 is 9.64 Å². The van der Waals surface area contributed by atoms with Crippen LogP contribution in [0.3, 0.4) is 0 Å². The zero-order valence-corrected chi connectivity index (χ0v) is 9.80. The second-order valence-electron chi connectivity index (χ2n) is 4.14. The largest absolute Gasteiger partial charge is 0.371 e. The summed E-state index contributed by atoms with van der Waals surface area (Å²) in [5.41, 5.74) is 1.12. The van der Waals surface area contributed by atoms with Gasteiger partial charge in [0, 0.05) is 29.2 Å². The van der Waals surface area contributed by atoms with E-state index in [1.165, 1.54) is 29.6 Å². The van der Waals surface area contributed by atoms with Crippen molar-refractivity contribution in [3.63, 3.8) is 0 Å². The van der Waals surface area contributed by atoms with Gasteiger partial charge in [0.05, 0.1) is 5.69 Å². The molecule has 0 aliphatic carbocycles. The first kappa shape index (κ1) is 9.85. The molecule has 1 aromatic heterocycles. The van der Waals surface area contributed by atoms with E-state index in [1.54, 1.807) is 6.07 Å². The van der Waals surface area contributed by atoms with Crippen LogP contribution >= 0.6 is 11.3 Å². The Balaban J connectivity index is 2.25. The van der Waals surface area contributed by atoms with Gasteiger partial charge >= 0.3 is 0 Å². The van der Waals surface area contributed by atoms with E-state index in [1.807, 2.05) is 18.2 Å². The minimum atomic E-state index is 0.153. The molecule has 1 saturated heterocycles. The summed E-state index contributed by atoms with van der Waals surface area (Å²) >= 11 is 1.33. The molecule has 2 aromatic rings. The van der Waals surface area contributed by atoms with Crippen LogP contribution in [0.2, 0.25) is 0 Å². The van der Waals surface area contributed by atoms with Crippen molar-refractivity contribution >= 4 is 27.1 Å². The van der Waals surface area contributed by atoms with E-state index in [-0.39, 0.29) is 4.74 Å². The molecule has 1 fully saturated rings. The molecule has 3 heteroatoms. The van der Waals surface area contributed by atoms with Gasteiger partial charge in [0.25, 0.3) is 0 Å². The van der Waals surface area contributed by atoms with E-state index in [2.05, 4.69) is 11.0 Å². The lowest BCUT2D eigenvalue weighted by atomic mass is 10.2. The number of fused-ring (bicyclic) bond motifs is 1. The molecule has 0 bridgehead atoms. The van der Waals surface area contributed by atoms with Crippen LogP contribution in [-0.2, 0) is 0 Å². The average molecular weight is 231 g/mol. The molecule has 1 aliphatic heterocycles. The SMILES string of the molecule is O=c1cc(N2CCCC2)c2ccccc2s1. The van der Waals surface area contributed by atoms with Crippen molar-refractivity contribution in [3.8, 4) is 0 Å². The maximum absolute atomic E-state index is 11.7. The maximum atomic E-state index is 11.7. The van der Waals surface area contributed by atoms with Crippen molar-refractivity contribution in [2.75, 3.05) is 18.0 Å². The molecular formula is C13H13NOS.